The second-order valence-corrected chi connectivity index (χ2v) is 4.67. The van der Waals surface area contributed by atoms with E-state index in [4.69, 9.17) is 11.6 Å². The van der Waals surface area contributed by atoms with Crippen LogP contribution in [0.1, 0.15) is 18.3 Å². The summed E-state index contributed by atoms with van der Waals surface area (Å²) in [6, 6.07) is 2.11. The molecular formula is C12H16ClN5. The third kappa shape index (κ3) is 2.98. The summed E-state index contributed by atoms with van der Waals surface area (Å²) < 4.78 is 1.88. The first kappa shape index (κ1) is 12.8. The molecule has 0 bridgehead atoms. The minimum atomic E-state index is 0.203. The highest BCUT2D eigenvalue weighted by atomic mass is 35.5. The Kier molecular flexibility index (Phi) is 3.81. The van der Waals surface area contributed by atoms with E-state index in [9.17, 15) is 0 Å². The highest BCUT2D eigenvalue weighted by molar-refractivity contribution is 6.30. The lowest BCUT2D eigenvalue weighted by molar-refractivity contribution is 0.559. The summed E-state index contributed by atoms with van der Waals surface area (Å²) in [7, 11) is 0. The summed E-state index contributed by atoms with van der Waals surface area (Å²) in [5.74, 6) is 1.45. The molecule has 0 spiro atoms. The van der Waals surface area contributed by atoms with E-state index in [-0.39, 0.29) is 6.04 Å². The molecule has 0 aliphatic carbocycles. The number of anilines is 1. The van der Waals surface area contributed by atoms with Gasteiger partial charge in [0.1, 0.15) is 16.8 Å². The first-order chi connectivity index (χ1) is 8.56. The van der Waals surface area contributed by atoms with E-state index >= 15 is 0 Å². The molecule has 18 heavy (non-hydrogen) atoms. The molecule has 2 aromatic heterocycles. The topological polar surface area (TPSA) is 55.6 Å². The van der Waals surface area contributed by atoms with Crippen LogP contribution in [0.3, 0.4) is 0 Å². The van der Waals surface area contributed by atoms with E-state index in [1.54, 1.807) is 6.20 Å². The number of halogens is 1. The molecule has 2 rings (SSSR count). The molecule has 0 saturated heterocycles. The van der Waals surface area contributed by atoms with Crippen molar-refractivity contribution in [3.8, 4) is 0 Å². The maximum absolute atomic E-state index is 6.04. The average molecular weight is 266 g/mol. The Hall–Kier alpha value is -1.62. The van der Waals surface area contributed by atoms with Crippen molar-refractivity contribution in [3.63, 3.8) is 0 Å². The van der Waals surface area contributed by atoms with E-state index in [0.717, 1.165) is 17.9 Å². The summed E-state index contributed by atoms with van der Waals surface area (Å²) >= 11 is 6.04. The fourth-order valence-electron chi connectivity index (χ4n) is 1.70. The molecule has 1 N–H and O–H groups in total. The van der Waals surface area contributed by atoms with E-state index in [1.807, 2.05) is 30.8 Å². The predicted molar refractivity (Wildman–Crippen MR) is 71.8 cm³/mol. The van der Waals surface area contributed by atoms with Crippen molar-refractivity contribution in [2.75, 3.05) is 5.32 Å². The van der Waals surface area contributed by atoms with Crippen molar-refractivity contribution >= 4 is 17.4 Å². The number of aryl methyl sites for hydroxylation is 1. The molecular weight excluding hydrogens is 250 g/mol. The maximum atomic E-state index is 6.04. The Morgan fingerprint density at radius 3 is 2.83 bits per heavy atom. The van der Waals surface area contributed by atoms with E-state index in [0.29, 0.717) is 11.0 Å². The molecule has 2 heterocycles. The molecule has 0 aliphatic rings. The minimum Gasteiger partial charge on any atom is -0.365 e. The number of aromatic nitrogens is 4. The molecule has 1 unspecified atom stereocenters. The van der Waals surface area contributed by atoms with Crippen LogP contribution in [-0.2, 0) is 6.54 Å². The quantitative estimate of drug-likeness (QED) is 0.863. The van der Waals surface area contributed by atoms with Gasteiger partial charge in [0.25, 0.3) is 0 Å². The summed E-state index contributed by atoms with van der Waals surface area (Å²) in [6.07, 6.45) is 3.70. The summed E-state index contributed by atoms with van der Waals surface area (Å²) in [5.41, 5.74) is 0.870. The Balaban J connectivity index is 2.09. The molecule has 0 saturated carbocycles. The van der Waals surface area contributed by atoms with Crippen molar-refractivity contribution in [1.82, 2.24) is 19.7 Å². The third-order valence-electron chi connectivity index (χ3n) is 2.60. The highest BCUT2D eigenvalue weighted by Gasteiger charge is 2.10. The second-order valence-electron chi connectivity index (χ2n) is 4.31. The van der Waals surface area contributed by atoms with Crippen molar-refractivity contribution in [3.05, 3.63) is 35.0 Å². The van der Waals surface area contributed by atoms with Gasteiger partial charge in [-0.2, -0.15) is 5.10 Å². The highest BCUT2D eigenvalue weighted by Crippen LogP contribution is 2.20. The first-order valence-corrected chi connectivity index (χ1v) is 6.18. The molecule has 6 heteroatoms. The van der Waals surface area contributed by atoms with Crippen LogP contribution < -0.4 is 5.32 Å². The van der Waals surface area contributed by atoms with Gasteiger partial charge in [0.2, 0.25) is 0 Å². The van der Waals surface area contributed by atoms with Gasteiger partial charge in [-0.15, -0.1) is 0 Å². The minimum absolute atomic E-state index is 0.203. The molecule has 5 nitrogen and oxygen atoms in total. The number of nitrogens with zero attached hydrogens (tertiary/aromatic N) is 4. The third-order valence-corrected chi connectivity index (χ3v) is 2.97. The smallest absolute Gasteiger partial charge is 0.137 e. The Morgan fingerprint density at radius 1 is 1.39 bits per heavy atom. The largest absolute Gasteiger partial charge is 0.365 e. The summed E-state index contributed by atoms with van der Waals surface area (Å²) in [6.45, 7) is 6.58. The number of nitrogens with one attached hydrogen (secondary N) is 1. The van der Waals surface area contributed by atoms with Crippen molar-refractivity contribution in [1.29, 1.82) is 0 Å². The predicted octanol–water partition coefficient (Wildman–Crippen LogP) is 2.44. The van der Waals surface area contributed by atoms with E-state index < -0.39 is 0 Å². The van der Waals surface area contributed by atoms with Gasteiger partial charge in [0.15, 0.2) is 0 Å². The number of rotatable bonds is 4. The maximum Gasteiger partial charge on any atom is 0.137 e. The van der Waals surface area contributed by atoms with Gasteiger partial charge in [0, 0.05) is 24.0 Å². The van der Waals surface area contributed by atoms with E-state index in [1.165, 1.54) is 0 Å². The molecule has 0 aliphatic heterocycles. The van der Waals surface area contributed by atoms with Crippen LogP contribution in [0.25, 0.3) is 0 Å². The lowest BCUT2D eigenvalue weighted by Crippen LogP contribution is -2.23. The van der Waals surface area contributed by atoms with Crippen LogP contribution in [0.4, 0.5) is 5.82 Å². The van der Waals surface area contributed by atoms with Gasteiger partial charge in [-0.05, 0) is 26.8 Å². The molecule has 96 valence electrons. The second kappa shape index (κ2) is 5.35. The Labute approximate surface area is 111 Å². The lowest BCUT2D eigenvalue weighted by atomic mass is 10.3. The zero-order valence-electron chi connectivity index (χ0n) is 10.7. The molecule has 0 amide bonds. The SMILES string of the molecule is Cc1nc(Cl)c(C)c(NC(C)Cn2cccn2)n1. The van der Waals surface area contributed by atoms with Gasteiger partial charge >= 0.3 is 0 Å². The molecule has 0 fully saturated rings. The van der Waals surface area contributed by atoms with Crippen LogP contribution >= 0.6 is 11.6 Å². The van der Waals surface area contributed by atoms with Crippen molar-refractivity contribution < 1.29 is 0 Å². The van der Waals surface area contributed by atoms with Crippen molar-refractivity contribution in [2.45, 2.75) is 33.4 Å². The molecule has 2 aromatic rings. The Bertz CT molecular complexity index is 524. The fourth-order valence-corrected chi connectivity index (χ4v) is 1.91. The monoisotopic (exact) mass is 265 g/mol. The van der Waals surface area contributed by atoms with Gasteiger partial charge in [-0.1, -0.05) is 11.6 Å². The van der Waals surface area contributed by atoms with Crippen LogP contribution in [0.2, 0.25) is 5.15 Å². The fraction of sp³-hybridized carbons (Fsp3) is 0.417. The summed E-state index contributed by atoms with van der Waals surface area (Å²) in [5, 5.41) is 8.00. The Morgan fingerprint density at radius 2 is 2.17 bits per heavy atom. The molecule has 1 atom stereocenters. The zero-order valence-corrected chi connectivity index (χ0v) is 11.4. The zero-order chi connectivity index (χ0) is 13.1. The van der Waals surface area contributed by atoms with Crippen LogP contribution in [0.5, 0.6) is 0 Å². The van der Waals surface area contributed by atoms with Gasteiger partial charge in [-0.3, -0.25) is 4.68 Å². The normalized spacial score (nSPS) is 12.4. The molecule has 0 aromatic carbocycles. The molecule has 0 radical (unpaired) electrons. The van der Waals surface area contributed by atoms with E-state index in [2.05, 4.69) is 27.3 Å². The number of hydrogen-bond donors (Lipinski definition) is 1. The standard InChI is InChI=1S/C12H16ClN5/c1-8(7-18-6-4-5-14-18)15-12-9(2)11(13)16-10(3)17-12/h4-6,8H,7H2,1-3H3,(H,15,16,17). The average Bonchev–Trinajstić information content (AvgIpc) is 2.77. The van der Waals surface area contributed by atoms with Crippen LogP contribution in [0.15, 0.2) is 18.5 Å². The van der Waals surface area contributed by atoms with Crippen LogP contribution in [-0.4, -0.2) is 25.8 Å². The van der Waals surface area contributed by atoms with Gasteiger partial charge in [-0.25, -0.2) is 9.97 Å². The first-order valence-electron chi connectivity index (χ1n) is 5.81. The van der Waals surface area contributed by atoms with Gasteiger partial charge < -0.3 is 5.32 Å². The van der Waals surface area contributed by atoms with Crippen molar-refractivity contribution in [2.24, 2.45) is 0 Å². The summed E-state index contributed by atoms with van der Waals surface area (Å²) in [4.78, 5) is 8.48. The number of hydrogen-bond acceptors (Lipinski definition) is 4. The van der Waals surface area contributed by atoms with Gasteiger partial charge in [0.05, 0.1) is 6.54 Å². The van der Waals surface area contributed by atoms with Crippen LogP contribution in [0, 0.1) is 13.8 Å². The lowest BCUT2D eigenvalue weighted by Gasteiger charge is -2.16.